The number of rotatable bonds is 9. The van der Waals surface area contributed by atoms with Crippen LogP contribution in [0.1, 0.15) is 19.7 Å². The molecule has 9 heteroatoms. The van der Waals surface area contributed by atoms with Crippen LogP contribution in [-0.2, 0) is 13.0 Å². The van der Waals surface area contributed by atoms with Gasteiger partial charge in [-0.15, -0.1) is 45.9 Å². The van der Waals surface area contributed by atoms with Crippen LogP contribution in [0.25, 0.3) is 0 Å². The lowest BCUT2D eigenvalue weighted by atomic mass is 10.4. The quantitative estimate of drug-likeness (QED) is 0.179. The van der Waals surface area contributed by atoms with Crippen molar-refractivity contribution in [2.45, 2.75) is 31.7 Å². The van der Waals surface area contributed by atoms with Crippen LogP contribution in [0.3, 0.4) is 0 Å². The van der Waals surface area contributed by atoms with Crippen LogP contribution in [0, 0.1) is 0 Å². The summed E-state index contributed by atoms with van der Waals surface area (Å²) < 4.78 is 2.05. The van der Waals surface area contributed by atoms with E-state index in [9.17, 15) is 0 Å². The Balaban J connectivity index is 0.00000338. The summed E-state index contributed by atoms with van der Waals surface area (Å²) in [6.07, 6.45) is 2.64. The molecular weight excluding hydrogens is 483 g/mol. The van der Waals surface area contributed by atoms with E-state index in [1.54, 1.807) is 18.1 Å². The predicted octanol–water partition coefficient (Wildman–Crippen LogP) is 3.46. The molecule has 1 heterocycles. The Morgan fingerprint density at radius 1 is 1.23 bits per heavy atom. The van der Waals surface area contributed by atoms with E-state index in [1.165, 1.54) is 4.90 Å². The van der Waals surface area contributed by atoms with Crippen LogP contribution in [0.15, 0.2) is 40.5 Å². The van der Waals surface area contributed by atoms with Gasteiger partial charge < -0.3 is 15.2 Å². The Morgan fingerprint density at radius 2 is 2.00 bits per heavy atom. The zero-order chi connectivity index (χ0) is 17.9. The van der Waals surface area contributed by atoms with Gasteiger partial charge in [0.15, 0.2) is 5.96 Å². The Bertz CT molecular complexity index is 662. The molecule has 2 rings (SSSR count). The number of thioether (sulfide) groups is 1. The molecule has 0 unspecified atom stereocenters. The topological polar surface area (TPSA) is 67.1 Å². The number of halogens is 2. The average Bonchev–Trinajstić information content (AvgIpc) is 3.07. The molecule has 0 aliphatic rings. The van der Waals surface area contributed by atoms with E-state index >= 15 is 0 Å². The van der Waals surface area contributed by atoms with Crippen LogP contribution in [0.4, 0.5) is 0 Å². The fourth-order valence-corrected chi connectivity index (χ4v) is 3.11. The van der Waals surface area contributed by atoms with Gasteiger partial charge in [-0.25, -0.2) is 0 Å². The number of aryl methyl sites for hydroxylation is 1. The van der Waals surface area contributed by atoms with Crippen molar-refractivity contribution in [3.8, 4) is 0 Å². The first-order valence-corrected chi connectivity index (χ1v) is 9.86. The summed E-state index contributed by atoms with van der Waals surface area (Å²) in [6, 6.07) is 7.91. The van der Waals surface area contributed by atoms with Crippen molar-refractivity contribution in [1.82, 2.24) is 25.4 Å². The van der Waals surface area contributed by atoms with Gasteiger partial charge in [0.25, 0.3) is 0 Å². The molecule has 2 N–H and O–H groups in total. The van der Waals surface area contributed by atoms with Crippen molar-refractivity contribution in [1.29, 1.82) is 0 Å². The predicted molar refractivity (Wildman–Crippen MR) is 121 cm³/mol. The fourth-order valence-electron chi connectivity index (χ4n) is 2.22. The third-order valence-corrected chi connectivity index (χ3v) is 4.71. The minimum absolute atomic E-state index is 0. The van der Waals surface area contributed by atoms with E-state index in [2.05, 4.69) is 39.7 Å². The van der Waals surface area contributed by atoms with E-state index in [1.807, 2.05) is 28.8 Å². The summed E-state index contributed by atoms with van der Waals surface area (Å²) in [6.45, 7) is 7.29. The zero-order valence-corrected chi connectivity index (χ0v) is 19.0. The lowest BCUT2D eigenvalue weighted by molar-refractivity contribution is 0.662. The van der Waals surface area contributed by atoms with Crippen molar-refractivity contribution in [3.63, 3.8) is 0 Å². The maximum Gasteiger partial charge on any atom is 0.191 e. The van der Waals surface area contributed by atoms with Crippen LogP contribution in [0.5, 0.6) is 0 Å². The Hall–Kier alpha value is -1.000. The van der Waals surface area contributed by atoms with Gasteiger partial charge in [-0.2, -0.15) is 0 Å². The van der Waals surface area contributed by atoms with E-state index in [0.717, 1.165) is 48.6 Å². The molecule has 0 bridgehead atoms. The van der Waals surface area contributed by atoms with Gasteiger partial charge in [0.2, 0.25) is 0 Å². The molecule has 1 aromatic heterocycles. The standard InChI is InChI=1S/C17H25ClN6S.HI/c1-3-16-23-22-13-24(16)11-9-20-17(19-4-2)21-10-12-25-15-7-5-14(18)6-8-15;/h5-8,13H,3-4,9-12H2,1-2H3,(H2,19,20,21);1H. The van der Waals surface area contributed by atoms with Crippen molar-refractivity contribution in [2.75, 3.05) is 25.4 Å². The molecule has 0 radical (unpaired) electrons. The summed E-state index contributed by atoms with van der Waals surface area (Å²) in [5.74, 6) is 2.79. The van der Waals surface area contributed by atoms with Gasteiger partial charge in [0.05, 0.1) is 6.54 Å². The summed E-state index contributed by atoms with van der Waals surface area (Å²) in [5, 5.41) is 15.4. The maximum absolute atomic E-state index is 5.90. The highest BCUT2D eigenvalue weighted by molar-refractivity contribution is 14.0. The van der Waals surface area contributed by atoms with Crippen LogP contribution in [-0.4, -0.2) is 46.1 Å². The average molecular weight is 509 g/mol. The SMILES string of the molecule is CCNC(=NCCn1cnnc1CC)NCCSc1ccc(Cl)cc1.I. The molecule has 0 fully saturated rings. The Morgan fingerprint density at radius 3 is 2.69 bits per heavy atom. The number of hydrogen-bond donors (Lipinski definition) is 2. The van der Waals surface area contributed by atoms with Gasteiger partial charge in [0.1, 0.15) is 12.2 Å². The zero-order valence-electron chi connectivity index (χ0n) is 15.1. The van der Waals surface area contributed by atoms with Gasteiger partial charge >= 0.3 is 0 Å². The molecule has 0 atom stereocenters. The number of guanidine groups is 1. The first kappa shape index (κ1) is 23.0. The number of nitrogens with one attached hydrogen (secondary N) is 2. The third kappa shape index (κ3) is 8.13. The normalized spacial score (nSPS) is 11.1. The number of benzene rings is 1. The minimum Gasteiger partial charge on any atom is -0.357 e. The molecule has 0 saturated heterocycles. The summed E-state index contributed by atoms with van der Waals surface area (Å²) in [4.78, 5) is 5.83. The largest absolute Gasteiger partial charge is 0.357 e. The molecule has 0 aliphatic heterocycles. The Kier molecular flexibility index (Phi) is 11.7. The van der Waals surface area contributed by atoms with Crippen molar-refractivity contribution in [2.24, 2.45) is 4.99 Å². The monoisotopic (exact) mass is 508 g/mol. The van der Waals surface area contributed by atoms with Gasteiger partial charge in [0, 0.05) is 41.7 Å². The molecule has 0 spiro atoms. The number of aliphatic imine (C=N–C) groups is 1. The summed E-state index contributed by atoms with van der Waals surface area (Å²) >= 11 is 7.69. The van der Waals surface area contributed by atoms with Crippen LogP contribution in [0.2, 0.25) is 5.02 Å². The highest BCUT2D eigenvalue weighted by Crippen LogP contribution is 2.19. The summed E-state index contributed by atoms with van der Waals surface area (Å²) in [7, 11) is 0. The summed E-state index contributed by atoms with van der Waals surface area (Å²) in [5.41, 5.74) is 0. The minimum atomic E-state index is 0. The number of aromatic nitrogens is 3. The third-order valence-electron chi connectivity index (χ3n) is 3.44. The second kappa shape index (κ2) is 13.2. The van der Waals surface area contributed by atoms with Gasteiger partial charge in [-0.3, -0.25) is 4.99 Å². The van der Waals surface area contributed by atoms with E-state index < -0.39 is 0 Å². The smallest absolute Gasteiger partial charge is 0.191 e. The second-order valence-corrected chi connectivity index (χ2v) is 6.89. The van der Waals surface area contributed by atoms with E-state index in [4.69, 9.17) is 11.6 Å². The van der Waals surface area contributed by atoms with Crippen LogP contribution >= 0.6 is 47.3 Å². The number of nitrogens with zero attached hydrogens (tertiary/aromatic N) is 4. The first-order chi connectivity index (χ1) is 12.2. The molecule has 0 aliphatic carbocycles. The van der Waals surface area contributed by atoms with Crippen molar-refractivity contribution >= 4 is 53.3 Å². The van der Waals surface area contributed by atoms with Gasteiger partial charge in [-0.1, -0.05) is 18.5 Å². The molecule has 26 heavy (non-hydrogen) atoms. The molecule has 1 aromatic carbocycles. The molecule has 2 aromatic rings. The first-order valence-electron chi connectivity index (χ1n) is 8.50. The lowest BCUT2D eigenvalue weighted by Gasteiger charge is -2.11. The van der Waals surface area contributed by atoms with E-state index in [0.29, 0.717) is 6.54 Å². The maximum atomic E-state index is 5.90. The highest BCUT2D eigenvalue weighted by atomic mass is 127. The van der Waals surface area contributed by atoms with Crippen LogP contribution < -0.4 is 10.6 Å². The molecule has 0 saturated carbocycles. The number of hydrogen-bond acceptors (Lipinski definition) is 4. The molecule has 144 valence electrons. The Labute approximate surface area is 181 Å². The lowest BCUT2D eigenvalue weighted by Crippen LogP contribution is -2.38. The molecule has 6 nitrogen and oxygen atoms in total. The highest BCUT2D eigenvalue weighted by Gasteiger charge is 2.02. The van der Waals surface area contributed by atoms with E-state index in [-0.39, 0.29) is 24.0 Å². The molecular formula is C17H26ClIN6S. The van der Waals surface area contributed by atoms with Gasteiger partial charge in [-0.05, 0) is 31.2 Å². The van der Waals surface area contributed by atoms with Crippen molar-refractivity contribution < 1.29 is 0 Å². The molecule has 0 amide bonds. The fraction of sp³-hybridized carbons (Fsp3) is 0.471. The second-order valence-electron chi connectivity index (χ2n) is 5.28. The van der Waals surface area contributed by atoms with Crippen molar-refractivity contribution in [3.05, 3.63) is 41.4 Å².